The van der Waals surface area contributed by atoms with Gasteiger partial charge >= 0.3 is 0 Å². The first-order chi connectivity index (χ1) is 30.3. The zero-order valence-corrected chi connectivity index (χ0v) is 33.5. The van der Waals surface area contributed by atoms with Gasteiger partial charge in [-0.1, -0.05) is 176 Å². The van der Waals surface area contributed by atoms with E-state index in [-0.39, 0.29) is 0 Å². The maximum absolute atomic E-state index is 2.46. The largest absolute Gasteiger partial charge is 0.310 e. The van der Waals surface area contributed by atoms with Gasteiger partial charge < -0.3 is 9.47 Å². The molecule has 0 fully saturated rings. The summed E-state index contributed by atoms with van der Waals surface area (Å²) in [7, 11) is 0. The Bertz CT molecular complexity index is 3380. The second kappa shape index (κ2) is 14.1. The molecule has 0 saturated heterocycles. The number of benzene rings is 10. The Kier molecular flexibility index (Phi) is 8.11. The van der Waals surface area contributed by atoms with Crippen molar-refractivity contribution < 1.29 is 0 Å². The monoisotopic (exact) mass is 776 g/mol. The standard InChI is InChI=1S/C59H40N2/c1-4-20-45(21-5-1)59(46-22-6-2-7-23-46)55-29-14-12-27-51(55)52-35-34-50(40-56(52)59)60(49-33-31-41-17-10-11-18-42(41)37-49)48-26-16-19-43(38-48)44-32-36-58-54(39-44)53-28-13-15-30-57(53)61(58)47-24-8-3-9-25-47/h1-40H. The molecule has 2 heteroatoms. The summed E-state index contributed by atoms with van der Waals surface area (Å²) in [5, 5.41) is 4.92. The van der Waals surface area contributed by atoms with Crippen LogP contribution < -0.4 is 4.90 Å². The summed E-state index contributed by atoms with van der Waals surface area (Å²) >= 11 is 0. The van der Waals surface area contributed by atoms with E-state index in [0.29, 0.717) is 0 Å². The Morgan fingerprint density at radius 2 is 0.918 bits per heavy atom. The minimum Gasteiger partial charge on any atom is -0.310 e. The number of anilines is 3. The topological polar surface area (TPSA) is 8.17 Å². The van der Waals surface area contributed by atoms with Crippen molar-refractivity contribution in [2.75, 3.05) is 4.90 Å². The molecule has 61 heavy (non-hydrogen) atoms. The van der Waals surface area contributed by atoms with Crippen LogP contribution in [0.5, 0.6) is 0 Å². The van der Waals surface area contributed by atoms with Gasteiger partial charge in [-0.15, -0.1) is 0 Å². The Labute approximate surface area is 355 Å². The van der Waals surface area contributed by atoms with Crippen LogP contribution in [0.2, 0.25) is 0 Å². The fourth-order valence-electron chi connectivity index (χ4n) is 10.2. The summed E-state index contributed by atoms with van der Waals surface area (Å²) in [5.74, 6) is 0. The summed E-state index contributed by atoms with van der Waals surface area (Å²) in [4.78, 5) is 2.44. The zero-order valence-electron chi connectivity index (χ0n) is 33.5. The molecule has 286 valence electrons. The Morgan fingerprint density at radius 3 is 1.72 bits per heavy atom. The molecule has 2 nitrogen and oxygen atoms in total. The third-order valence-electron chi connectivity index (χ3n) is 12.8. The van der Waals surface area contributed by atoms with Crippen molar-refractivity contribution in [3.05, 3.63) is 265 Å². The molecule has 11 aromatic rings. The van der Waals surface area contributed by atoms with Gasteiger partial charge in [-0.25, -0.2) is 0 Å². The molecule has 10 aromatic carbocycles. The number of aromatic nitrogens is 1. The lowest BCUT2D eigenvalue weighted by molar-refractivity contribution is 0.768. The van der Waals surface area contributed by atoms with Crippen molar-refractivity contribution in [3.63, 3.8) is 0 Å². The van der Waals surface area contributed by atoms with Gasteiger partial charge in [-0.3, -0.25) is 0 Å². The lowest BCUT2D eigenvalue weighted by atomic mass is 9.67. The lowest BCUT2D eigenvalue weighted by Gasteiger charge is -2.35. The minimum atomic E-state index is -0.504. The molecular formula is C59H40N2. The highest BCUT2D eigenvalue weighted by molar-refractivity contribution is 6.10. The molecule has 0 amide bonds. The third-order valence-corrected chi connectivity index (χ3v) is 12.8. The zero-order chi connectivity index (χ0) is 40.3. The summed E-state index contributed by atoms with van der Waals surface area (Å²) < 4.78 is 2.38. The molecule has 0 spiro atoms. The van der Waals surface area contributed by atoms with Crippen LogP contribution in [-0.2, 0) is 5.41 Å². The van der Waals surface area contributed by atoms with Crippen molar-refractivity contribution >= 4 is 49.6 Å². The molecule has 1 aliphatic rings. The lowest BCUT2D eigenvalue weighted by Crippen LogP contribution is -2.28. The predicted octanol–water partition coefficient (Wildman–Crippen LogP) is 15.4. The first-order valence-corrected chi connectivity index (χ1v) is 21.1. The summed E-state index contributed by atoms with van der Waals surface area (Å²) in [6, 6.07) is 89.1. The van der Waals surface area contributed by atoms with Gasteiger partial charge in [0, 0.05) is 33.5 Å². The number of nitrogens with zero attached hydrogens (tertiary/aromatic N) is 2. The van der Waals surface area contributed by atoms with Crippen LogP contribution in [0.25, 0.3) is 60.5 Å². The quantitative estimate of drug-likeness (QED) is 0.156. The SMILES string of the molecule is c1ccc(-n2c3ccccc3c3cc(-c4cccc(N(c5ccc6c(c5)C(c5ccccc5)(c5ccccc5)c5ccccc5-6)c5ccc6ccccc6c5)c4)ccc32)cc1. The van der Waals surface area contributed by atoms with E-state index in [9.17, 15) is 0 Å². The van der Waals surface area contributed by atoms with Crippen LogP contribution in [0.1, 0.15) is 22.3 Å². The molecular weight excluding hydrogens is 737 g/mol. The Hall–Kier alpha value is -7.94. The molecule has 0 saturated carbocycles. The molecule has 1 aromatic heterocycles. The average molecular weight is 777 g/mol. The van der Waals surface area contributed by atoms with Crippen LogP contribution in [0.3, 0.4) is 0 Å². The molecule has 0 atom stereocenters. The second-order valence-corrected chi connectivity index (χ2v) is 16.1. The van der Waals surface area contributed by atoms with E-state index in [2.05, 4.69) is 252 Å². The van der Waals surface area contributed by atoms with Gasteiger partial charge in [-0.2, -0.15) is 0 Å². The van der Waals surface area contributed by atoms with Crippen LogP contribution in [0.15, 0.2) is 243 Å². The van der Waals surface area contributed by atoms with Crippen molar-refractivity contribution in [1.82, 2.24) is 4.57 Å². The molecule has 0 bridgehead atoms. The van der Waals surface area contributed by atoms with E-state index in [4.69, 9.17) is 0 Å². The molecule has 1 aliphatic carbocycles. The van der Waals surface area contributed by atoms with E-state index < -0.39 is 5.41 Å². The Morgan fingerprint density at radius 1 is 0.328 bits per heavy atom. The van der Waals surface area contributed by atoms with E-state index in [1.165, 1.54) is 77.1 Å². The number of para-hydroxylation sites is 2. The van der Waals surface area contributed by atoms with E-state index in [0.717, 1.165) is 22.7 Å². The van der Waals surface area contributed by atoms with Gasteiger partial charge in [0.2, 0.25) is 0 Å². The van der Waals surface area contributed by atoms with Crippen molar-refractivity contribution in [1.29, 1.82) is 0 Å². The highest BCUT2D eigenvalue weighted by Crippen LogP contribution is 2.57. The van der Waals surface area contributed by atoms with Crippen molar-refractivity contribution in [2.24, 2.45) is 0 Å². The van der Waals surface area contributed by atoms with Gasteiger partial charge in [0.1, 0.15) is 0 Å². The molecule has 0 N–H and O–H groups in total. The van der Waals surface area contributed by atoms with E-state index in [1.54, 1.807) is 0 Å². The van der Waals surface area contributed by atoms with Gasteiger partial charge in [0.25, 0.3) is 0 Å². The van der Waals surface area contributed by atoms with Gasteiger partial charge in [0.15, 0.2) is 0 Å². The van der Waals surface area contributed by atoms with Crippen molar-refractivity contribution in [3.8, 4) is 27.9 Å². The van der Waals surface area contributed by atoms with Crippen LogP contribution >= 0.6 is 0 Å². The first kappa shape index (κ1) is 35.0. The average Bonchev–Trinajstić information content (AvgIpc) is 3.83. The minimum absolute atomic E-state index is 0.504. The van der Waals surface area contributed by atoms with Crippen molar-refractivity contribution in [2.45, 2.75) is 5.41 Å². The molecule has 0 radical (unpaired) electrons. The highest BCUT2D eigenvalue weighted by Gasteiger charge is 2.46. The van der Waals surface area contributed by atoms with Crippen LogP contribution in [-0.4, -0.2) is 4.57 Å². The summed E-state index contributed by atoms with van der Waals surface area (Å²) in [5.41, 5.74) is 16.4. The fraction of sp³-hybridized carbons (Fsp3) is 0.0169. The smallest absolute Gasteiger partial charge is 0.0714 e. The normalized spacial score (nSPS) is 12.7. The highest BCUT2D eigenvalue weighted by atomic mass is 15.1. The maximum Gasteiger partial charge on any atom is 0.0714 e. The molecule has 1 heterocycles. The molecule has 0 unspecified atom stereocenters. The number of rotatable bonds is 7. The number of fused-ring (bicyclic) bond motifs is 7. The van der Waals surface area contributed by atoms with E-state index >= 15 is 0 Å². The van der Waals surface area contributed by atoms with Crippen LogP contribution in [0, 0.1) is 0 Å². The third kappa shape index (κ3) is 5.50. The predicted molar refractivity (Wildman–Crippen MR) is 256 cm³/mol. The summed E-state index contributed by atoms with van der Waals surface area (Å²) in [6.07, 6.45) is 0. The Balaban J connectivity index is 1.07. The maximum atomic E-state index is 2.46. The number of hydrogen-bond donors (Lipinski definition) is 0. The van der Waals surface area contributed by atoms with Gasteiger partial charge in [0.05, 0.1) is 16.4 Å². The fourth-order valence-corrected chi connectivity index (χ4v) is 10.2. The molecule has 12 rings (SSSR count). The van der Waals surface area contributed by atoms with Crippen LogP contribution in [0.4, 0.5) is 17.1 Å². The summed E-state index contributed by atoms with van der Waals surface area (Å²) in [6.45, 7) is 0. The van der Waals surface area contributed by atoms with E-state index in [1.807, 2.05) is 0 Å². The first-order valence-electron chi connectivity index (χ1n) is 21.1. The van der Waals surface area contributed by atoms with Gasteiger partial charge in [-0.05, 0) is 122 Å². The second-order valence-electron chi connectivity index (χ2n) is 16.1. The molecule has 0 aliphatic heterocycles. The number of hydrogen-bond acceptors (Lipinski definition) is 1.